The van der Waals surface area contributed by atoms with Crippen LogP contribution in [0.3, 0.4) is 0 Å². The number of ether oxygens (including phenoxy) is 2. The van der Waals surface area contributed by atoms with Crippen molar-refractivity contribution in [2.75, 3.05) is 19.8 Å². The van der Waals surface area contributed by atoms with Gasteiger partial charge in [-0.05, 0) is 24.0 Å². The molecule has 2 saturated heterocycles. The molecule has 120 valence electrons. The Bertz CT molecular complexity index is 631. The summed E-state index contributed by atoms with van der Waals surface area (Å²) in [5.74, 6) is 0. The molecule has 2 atom stereocenters. The predicted molar refractivity (Wildman–Crippen MR) is 89.9 cm³/mol. The molecule has 3 heteroatoms. The topological polar surface area (TPSA) is 21.7 Å². The summed E-state index contributed by atoms with van der Waals surface area (Å²) in [7, 11) is 0. The second kappa shape index (κ2) is 6.44. The fraction of sp³-hybridized carbons (Fsp3) is 0.400. The van der Waals surface area contributed by atoms with Crippen molar-refractivity contribution in [1.82, 2.24) is 4.90 Å². The molecule has 0 bridgehead atoms. The molecule has 2 aliphatic rings. The van der Waals surface area contributed by atoms with Gasteiger partial charge in [-0.3, -0.25) is 4.90 Å². The van der Waals surface area contributed by atoms with Crippen molar-refractivity contribution in [3.05, 3.63) is 71.8 Å². The molecule has 0 N–H and O–H groups in total. The monoisotopic (exact) mass is 309 g/mol. The van der Waals surface area contributed by atoms with Crippen LogP contribution in [-0.2, 0) is 16.1 Å². The number of benzene rings is 2. The van der Waals surface area contributed by atoms with Gasteiger partial charge in [0.25, 0.3) is 0 Å². The number of rotatable bonds is 5. The maximum absolute atomic E-state index is 6.27. The van der Waals surface area contributed by atoms with E-state index < -0.39 is 0 Å². The van der Waals surface area contributed by atoms with E-state index in [0.29, 0.717) is 19.3 Å². The number of nitrogens with zero attached hydrogens (tertiary/aromatic N) is 1. The molecular formula is C20H23NO2. The quantitative estimate of drug-likeness (QED) is 0.839. The highest BCUT2D eigenvalue weighted by Crippen LogP contribution is 2.44. The Hall–Kier alpha value is -1.68. The van der Waals surface area contributed by atoms with Crippen molar-refractivity contribution >= 4 is 0 Å². The first-order valence-electron chi connectivity index (χ1n) is 8.45. The largest absolute Gasteiger partial charge is 0.372 e. The van der Waals surface area contributed by atoms with Crippen LogP contribution < -0.4 is 0 Å². The molecule has 2 aromatic carbocycles. The van der Waals surface area contributed by atoms with Gasteiger partial charge in [-0.25, -0.2) is 0 Å². The van der Waals surface area contributed by atoms with E-state index in [1.807, 2.05) is 6.07 Å². The molecule has 0 aromatic heterocycles. The molecule has 0 amide bonds. The minimum absolute atomic E-state index is 0.227. The third-order valence-corrected chi connectivity index (χ3v) is 5.00. The maximum atomic E-state index is 6.27. The third-order valence-electron chi connectivity index (χ3n) is 5.00. The molecule has 2 heterocycles. The van der Waals surface area contributed by atoms with Crippen molar-refractivity contribution < 1.29 is 9.47 Å². The van der Waals surface area contributed by atoms with Gasteiger partial charge in [-0.15, -0.1) is 0 Å². The Kier molecular flexibility index (Phi) is 4.17. The molecule has 2 unspecified atom stereocenters. The Morgan fingerprint density at radius 1 is 1.04 bits per heavy atom. The molecular weight excluding hydrogens is 286 g/mol. The van der Waals surface area contributed by atoms with Crippen molar-refractivity contribution in [3.8, 4) is 0 Å². The summed E-state index contributed by atoms with van der Waals surface area (Å²) in [4.78, 5) is 2.51. The Labute approximate surface area is 137 Å². The molecule has 0 spiro atoms. The second-order valence-corrected chi connectivity index (χ2v) is 6.46. The molecule has 23 heavy (non-hydrogen) atoms. The van der Waals surface area contributed by atoms with E-state index in [1.165, 1.54) is 17.5 Å². The zero-order valence-electron chi connectivity index (χ0n) is 13.4. The lowest BCUT2D eigenvalue weighted by molar-refractivity contribution is -0.119. The number of hydrogen-bond acceptors (Lipinski definition) is 3. The lowest BCUT2D eigenvalue weighted by atomic mass is 10.1. The van der Waals surface area contributed by atoms with E-state index in [-0.39, 0.29) is 5.72 Å². The van der Waals surface area contributed by atoms with Crippen LogP contribution in [0.1, 0.15) is 30.0 Å². The average molecular weight is 309 g/mol. The third kappa shape index (κ3) is 2.92. The minimum Gasteiger partial charge on any atom is -0.372 e. The first kappa shape index (κ1) is 14.9. The minimum atomic E-state index is -0.227. The normalized spacial score (nSPS) is 27.2. The van der Waals surface area contributed by atoms with Crippen LogP contribution in [0.25, 0.3) is 0 Å². The van der Waals surface area contributed by atoms with Gasteiger partial charge in [0.05, 0.1) is 25.9 Å². The van der Waals surface area contributed by atoms with Crippen molar-refractivity contribution in [2.45, 2.75) is 31.2 Å². The summed E-state index contributed by atoms with van der Waals surface area (Å²) in [5, 5.41) is 0. The van der Waals surface area contributed by atoms with Crippen molar-refractivity contribution in [2.24, 2.45) is 0 Å². The fourth-order valence-electron chi connectivity index (χ4n) is 3.84. The van der Waals surface area contributed by atoms with Gasteiger partial charge in [-0.2, -0.15) is 0 Å². The summed E-state index contributed by atoms with van der Waals surface area (Å²) < 4.78 is 12.3. The molecule has 2 fully saturated rings. The van der Waals surface area contributed by atoms with Gasteiger partial charge in [0, 0.05) is 6.54 Å². The average Bonchev–Trinajstić information content (AvgIpc) is 3.15. The summed E-state index contributed by atoms with van der Waals surface area (Å²) in [6.07, 6.45) is 2.24. The molecule has 0 saturated carbocycles. The lowest BCUT2D eigenvalue weighted by Gasteiger charge is -2.32. The summed E-state index contributed by atoms with van der Waals surface area (Å²) >= 11 is 0. The van der Waals surface area contributed by atoms with E-state index in [4.69, 9.17) is 9.47 Å². The molecule has 3 nitrogen and oxygen atoms in total. The van der Waals surface area contributed by atoms with Gasteiger partial charge in [0.2, 0.25) is 0 Å². The van der Waals surface area contributed by atoms with E-state index in [9.17, 15) is 0 Å². The van der Waals surface area contributed by atoms with Gasteiger partial charge < -0.3 is 9.47 Å². The predicted octanol–water partition coefficient (Wildman–Crippen LogP) is 3.77. The van der Waals surface area contributed by atoms with Crippen LogP contribution in [0, 0.1) is 0 Å². The summed E-state index contributed by atoms with van der Waals surface area (Å²) in [5.41, 5.74) is 2.33. The second-order valence-electron chi connectivity index (χ2n) is 6.46. The first-order valence-corrected chi connectivity index (χ1v) is 8.45. The number of fused-ring (bicyclic) bond motifs is 1. The van der Waals surface area contributed by atoms with Gasteiger partial charge in [-0.1, -0.05) is 60.7 Å². The van der Waals surface area contributed by atoms with E-state index in [2.05, 4.69) is 59.5 Å². The van der Waals surface area contributed by atoms with Crippen LogP contribution in [0.15, 0.2) is 60.7 Å². The highest BCUT2D eigenvalue weighted by Gasteiger charge is 2.51. The molecule has 0 radical (unpaired) electrons. The smallest absolute Gasteiger partial charge is 0.145 e. The molecule has 4 rings (SSSR count). The lowest BCUT2D eigenvalue weighted by Crippen LogP contribution is -2.44. The maximum Gasteiger partial charge on any atom is 0.145 e. The van der Waals surface area contributed by atoms with Gasteiger partial charge >= 0.3 is 0 Å². The van der Waals surface area contributed by atoms with Gasteiger partial charge in [0.15, 0.2) is 0 Å². The highest BCUT2D eigenvalue weighted by atomic mass is 16.6. The van der Waals surface area contributed by atoms with E-state index in [1.54, 1.807) is 0 Å². The van der Waals surface area contributed by atoms with Crippen LogP contribution in [0.4, 0.5) is 0 Å². The van der Waals surface area contributed by atoms with Crippen LogP contribution in [0.5, 0.6) is 0 Å². The number of hydrogen-bond donors (Lipinski definition) is 0. The molecule has 2 aliphatic heterocycles. The zero-order valence-corrected chi connectivity index (χ0v) is 13.4. The van der Waals surface area contributed by atoms with Crippen LogP contribution in [-0.4, -0.2) is 30.4 Å². The van der Waals surface area contributed by atoms with Crippen molar-refractivity contribution in [3.63, 3.8) is 0 Å². The first-order chi connectivity index (χ1) is 11.4. The Morgan fingerprint density at radius 3 is 2.57 bits per heavy atom. The SMILES string of the molecule is c1ccc(COCC23CCCN2C(c2ccccc2)CO3)cc1. The van der Waals surface area contributed by atoms with E-state index >= 15 is 0 Å². The van der Waals surface area contributed by atoms with Crippen molar-refractivity contribution in [1.29, 1.82) is 0 Å². The summed E-state index contributed by atoms with van der Waals surface area (Å²) in [6, 6.07) is 21.4. The highest BCUT2D eigenvalue weighted by molar-refractivity contribution is 5.21. The van der Waals surface area contributed by atoms with Crippen LogP contribution >= 0.6 is 0 Å². The molecule has 2 aromatic rings. The summed E-state index contributed by atoms with van der Waals surface area (Å²) in [6.45, 7) is 3.15. The Morgan fingerprint density at radius 2 is 1.78 bits per heavy atom. The zero-order chi connectivity index (χ0) is 15.5. The van der Waals surface area contributed by atoms with Gasteiger partial charge in [0.1, 0.15) is 5.72 Å². The standard InChI is InChI=1S/C20H23NO2/c1-3-8-17(9-4-1)14-22-16-20-12-7-13-21(20)19(15-23-20)18-10-5-2-6-11-18/h1-6,8-11,19H,7,12-16H2. The van der Waals surface area contributed by atoms with Crippen LogP contribution in [0.2, 0.25) is 0 Å². The Balaban J connectivity index is 1.43. The fourth-order valence-corrected chi connectivity index (χ4v) is 3.84. The molecule has 0 aliphatic carbocycles. The van der Waals surface area contributed by atoms with E-state index in [0.717, 1.165) is 19.6 Å².